The Kier molecular flexibility index (Phi) is 4.54. The summed E-state index contributed by atoms with van der Waals surface area (Å²) >= 11 is 0. The van der Waals surface area contributed by atoms with Gasteiger partial charge in [-0.05, 0) is 19.1 Å². The third-order valence-electron chi connectivity index (χ3n) is 4.32. The van der Waals surface area contributed by atoms with E-state index in [2.05, 4.69) is 31.2 Å². The molecule has 3 nitrogen and oxygen atoms in total. The van der Waals surface area contributed by atoms with E-state index in [9.17, 15) is 4.79 Å². The smallest absolute Gasteiger partial charge is 0.254 e. The molecule has 1 N–H and O–H groups in total. The van der Waals surface area contributed by atoms with Crippen LogP contribution in [0.5, 0.6) is 0 Å². The number of nitrogens with one attached hydrogen (secondary N) is 1. The summed E-state index contributed by atoms with van der Waals surface area (Å²) in [4.78, 5) is 16.0. The second kappa shape index (κ2) is 6.75. The largest absolute Gasteiger partial charge is 0.328 e. The van der Waals surface area contributed by atoms with Crippen molar-refractivity contribution < 1.29 is 9.69 Å². The van der Waals surface area contributed by atoms with E-state index in [1.54, 1.807) is 4.90 Å². The molecule has 3 heteroatoms. The summed E-state index contributed by atoms with van der Waals surface area (Å²) < 4.78 is 0. The molecule has 3 rings (SSSR count). The maximum absolute atomic E-state index is 12.4. The zero-order valence-corrected chi connectivity index (χ0v) is 13.1. The lowest BCUT2D eigenvalue weighted by Crippen LogP contribution is -3.13. The van der Waals surface area contributed by atoms with E-state index in [4.69, 9.17) is 0 Å². The third kappa shape index (κ3) is 3.55. The van der Waals surface area contributed by atoms with Crippen LogP contribution < -0.4 is 4.90 Å². The monoisotopic (exact) mass is 295 g/mol. The van der Waals surface area contributed by atoms with E-state index in [1.165, 1.54) is 11.1 Å². The van der Waals surface area contributed by atoms with Crippen molar-refractivity contribution in [1.29, 1.82) is 0 Å². The van der Waals surface area contributed by atoms with Gasteiger partial charge in [0.2, 0.25) is 0 Å². The van der Waals surface area contributed by atoms with Crippen LogP contribution >= 0.6 is 0 Å². The number of carbonyl (C=O) groups excluding carboxylic acids is 1. The molecular weight excluding hydrogens is 272 g/mol. The van der Waals surface area contributed by atoms with E-state index < -0.39 is 0 Å². The van der Waals surface area contributed by atoms with Gasteiger partial charge in [0.1, 0.15) is 6.54 Å². The van der Waals surface area contributed by atoms with Gasteiger partial charge in [-0.2, -0.15) is 0 Å². The van der Waals surface area contributed by atoms with Crippen LogP contribution in [0, 0.1) is 6.92 Å². The first-order valence-electron chi connectivity index (χ1n) is 7.96. The standard InChI is InChI=1S/C19H22N2O/c1-16-6-5-7-17(14-16)15-20-10-12-21(13-11-20)19(22)18-8-3-2-4-9-18/h2-9,14H,10-13,15H2,1H3/p+1. The zero-order chi connectivity index (χ0) is 15.4. The SMILES string of the molecule is Cc1cccc(C[NH+]2CCN(C(=O)c3ccccc3)CC2)c1. The van der Waals surface area contributed by atoms with Crippen LogP contribution in [0.4, 0.5) is 0 Å². The van der Waals surface area contributed by atoms with Crippen LogP contribution in [0.3, 0.4) is 0 Å². The Morgan fingerprint density at radius 3 is 2.45 bits per heavy atom. The lowest BCUT2D eigenvalue weighted by Gasteiger charge is -2.32. The van der Waals surface area contributed by atoms with Gasteiger partial charge in [-0.3, -0.25) is 4.79 Å². The maximum atomic E-state index is 12.4. The van der Waals surface area contributed by atoms with Crippen molar-refractivity contribution >= 4 is 5.91 Å². The number of amides is 1. The molecule has 1 saturated heterocycles. The topological polar surface area (TPSA) is 24.8 Å². The number of nitrogens with zero attached hydrogens (tertiary/aromatic N) is 1. The highest BCUT2D eigenvalue weighted by molar-refractivity contribution is 5.94. The Labute approximate surface area is 132 Å². The van der Waals surface area contributed by atoms with Crippen LogP contribution in [0.2, 0.25) is 0 Å². The fourth-order valence-electron chi connectivity index (χ4n) is 3.08. The highest BCUT2D eigenvalue weighted by Gasteiger charge is 2.24. The molecule has 1 aliphatic rings. The van der Waals surface area contributed by atoms with Gasteiger partial charge in [0.25, 0.3) is 5.91 Å². The molecule has 2 aromatic carbocycles. The summed E-state index contributed by atoms with van der Waals surface area (Å²) in [6.07, 6.45) is 0. The Bertz CT molecular complexity index is 631. The quantitative estimate of drug-likeness (QED) is 0.913. The van der Waals surface area contributed by atoms with Crippen LogP contribution in [0.1, 0.15) is 21.5 Å². The molecule has 0 atom stereocenters. The molecule has 1 fully saturated rings. The van der Waals surface area contributed by atoms with Crippen molar-refractivity contribution in [3.05, 3.63) is 71.3 Å². The average Bonchev–Trinajstić information content (AvgIpc) is 2.56. The van der Waals surface area contributed by atoms with Gasteiger partial charge in [0.05, 0.1) is 26.2 Å². The highest BCUT2D eigenvalue weighted by Crippen LogP contribution is 2.06. The Morgan fingerprint density at radius 1 is 1.05 bits per heavy atom. The minimum absolute atomic E-state index is 0.162. The number of rotatable bonds is 3. The van der Waals surface area contributed by atoms with Gasteiger partial charge in [-0.1, -0.05) is 48.0 Å². The summed E-state index contributed by atoms with van der Waals surface area (Å²) in [6.45, 7) is 6.91. The molecule has 114 valence electrons. The minimum atomic E-state index is 0.162. The molecule has 22 heavy (non-hydrogen) atoms. The van der Waals surface area contributed by atoms with Crippen molar-refractivity contribution in [3.8, 4) is 0 Å². The number of hydrogen-bond acceptors (Lipinski definition) is 1. The number of aryl methyl sites for hydroxylation is 1. The fourth-order valence-corrected chi connectivity index (χ4v) is 3.08. The lowest BCUT2D eigenvalue weighted by molar-refractivity contribution is -0.917. The molecule has 1 amide bonds. The molecular formula is C19H23N2O+. The first-order valence-corrected chi connectivity index (χ1v) is 7.96. The van der Waals surface area contributed by atoms with E-state index in [-0.39, 0.29) is 5.91 Å². The van der Waals surface area contributed by atoms with Crippen molar-refractivity contribution in [2.45, 2.75) is 13.5 Å². The van der Waals surface area contributed by atoms with Gasteiger partial charge < -0.3 is 9.80 Å². The van der Waals surface area contributed by atoms with Crippen molar-refractivity contribution in [2.75, 3.05) is 26.2 Å². The van der Waals surface area contributed by atoms with Crippen molar-refractivity contribution in [3.63, 3.8) is 0 Å². The summed E-state index contributed by atoms with van der Waals surface area (Å²) in [5, 5.41) is 0. The fraction of sp³-hybridized carbons (Fsp3) is 0.316. The van der Waals surface area contributed by atoms with Crippen molar-refractivity contribution in [2.24, 2.45) is 0 Å². The van der Waals surface area contributed by atoms with Gasteiger partial charge in [-0.25, -0.2) is 0 Å². The molecule has 0 saturated carbocycles. The van der Waals surface area contributed by atoms with Gasteiger partial charge in [-0.15, -0.1) is 0 Å². The molecule has 1 heterocycles. The van der Waals surface area contributed by atoms with Crippen LogP contribution in [-0.2, 0) is 6.54 Å². The van der Waals surface area contributed by atoms with Gasteiger partial charge in [0, 0.05) is 11.1 Å². The number of piperazine rings is 1. The van der Waals surface area contributed by atoms with Crippen LogP contribution in [0.25, 0.3) is 0 Å². The summed E-state index contributed by atoms with van der Waals surface area (Å²) in [6, 6.07) is 18.3. The molecule has 0 aliphatic carbocycles. The lowest BCUT2D eigenvalue weighted by atomic mass is 10.1. The number of quaternary nitrogens is 1. The minimum Gasteiger partial charge on any atom is -0.328 e. The third-order valence-corrected chi connectivity index (χ3v) is 4.32. The first-order chi connectivity index (χ1) is 10.7. The molecule has 0 bridgehead atoms. The molecule has 0 spiro atoms. The van der Waals surface area contributed by atoms with Crippen LogP contribution in [-0.4, -0.2) is 37.0 Å². The van der Waals surface area contributed by atoms with Crippen LogP contribution in [0.15, 0.2) is 54.6 Å². The molecule has 0 unspecified atom stereocenters. The Hall–Kier alpha value is -2.13. The first kappa shape index (κ1) is 14.8. The van der Waals surface area contributed by atoms with Gasteiger partial charge >= 0.3 is 0 Å². The van der Waals surface area contributed by atoms with E-state index in [1.807, 2.05) is 35.2 Å². The molecule has 0 radical (unpaired) electrons. The predicted molar refractivity (Wildman–Crippen MR) is 87.9 cm³/mol. The summed E-state index contributed by atoms with van der Waals surface area (Å²) in [5.41, 5.74) is 3.50. The highest BCUT2D eigenvalue weighted by atomic mass is 16.2. The summed E-state index contributed by atoms with van der Waals surface area (Å²) in [7, 11) is 0. The average molecular weight is 295 g/mol. The Morgan fingerprint density at radius 2 is 1.77 bits per heavy atom. The second-order valence-electron chi connectivity index (χ2n) is 6.07. The Balaban J connectivity index is 1.55. The predicted octanol–water partition coefficient (Wildman–Crippen LogP) is 1.54. The normalized spacial score (nSPS) is 15.8. The zero-order valence-electron chi connectivity index (χ0n) is 13.1. The number of hydrogen-bond donors (Lipinski definition) is 1. The van der Waals surface area contributed by atoms with E-state index in [0.717, 1.165) is 38.3 Å². The van der Waals surface area contributed by atoms with E-state index >= 15 is 0 Å². The molecule has 1 aliphatic heterocycles. The van der Waals surface area contributed by atoms with E-state index in [0.29, 0.717) is 0 Å². The summed E-state index contributed by atoms with van der Waals surface area (Å²) in [5.74, 6) is 0.162. The molecule has 0 aromatic heterocycles. The van der Waals surface area contributed by atoms with Gasteiger partial charge in [0.15, 0.2) is 0 Å². The second-order valence-corrected chi connectivity index (χ2v) is 6.07. The number of benzene rings is 2. The molecule has 2 aromatic rings. The number of carbonyl (C=O) groups is 1. The maximum Gasteiger partial charge on any atom is 0.254 e. The van der Waals surface area contributed by atoms with Crippen molar-refractivity contribution in [1.82, 2.24) is 4.90 Å².